The average molecular weight is 293 g/mol. The lowest BCUT2D eigenvalue weighted by Gasteiger charge is -2.02. The van der Waals surface area contributed by atoms with Gasteiger partial charge in [-0.05, 0) is 6.07 Å². The van der Waals surface area contributed by atoms with Crippen molar-refractivity contribution in [1.82, 2.24) is 9.97 Å². The van der Waals surface area contributed by atoms with Crippen molar-refractivity contribution in [3.8, 4) is 11.1 Å². The number of aromatic nitrogens is 2. The molecule has 3 aromatic rings. The molecule has 2 aromatic heterocycles. The third-order valence-electron chi connectivity index (χ3n) is 2.81. The van der Waals surface area contributed by atoms with Gasteiger partial charge in [0, 0.05) is 21.5 Å². The smallest absolute Gasteiger partial charge is 0.260 e. The molecule has 0 amide bonds. The van der Waals surface area contributed by atoms with Gasteiger partial charge in [-0.15, -0.1) is 11.3 Å². The fourth-order valence-corrected chi connectivity index (χ4v) is 3.14. The standard InChI is InChI=1S/C13H9ClN2O2S/c14-9-4-2-1-3-7(9)8-6-19-13-11(8)12(18)15-10(5-17)16-13/h1-4,6,17H,5H2,(H,15,16,18). The van der Waals surface area contributed by atoms with Crippen LogP contribution in [0, 0.1) is 0 Å². The molecule has 2 N–H and O–H groups in total. The van der Waals surface area contributed by atoms with Crippen LogP contribution < -0.4 is 5.56 Å². The van der Waals surface area contributed by atoms with Gasteiger partial charge in [-0.25, -0.2) is 4.98 Å². The Labute approximate surface area is 117 Å². The molecule has 0 atom stereocenters. The van der Waals surface area contributed by atoms with Crippen LogP contribution in [0.1, 0.15) is 5.82 Å². The van der Waals surface area contributed by atoms with Crippen LogP contribution in [0.3, 0.4) is 0 Å². The van der Waals surface area contributed by atoms with E-state index in [1.54, 1.807) is 6.07 Å². The van der Waals surface area contributed by atoms with E-state index in [-0.39, 0.29) is 18.0 Å². The highest BCUT2D eigenvalue weighted by Crippen LogP contribution is 2.34. The Kier molecular flexibility index (Phi) is 3.10. The second-order valence-corrected chi connectivity index (χ2v) is 5.25. The molecule has 0 unspecified atom stereocenters. The molecule has 0 radical (unpaired) electrons. The number of aliphatic hydroxyl groups is 1. The van der Waals surface area contributed by atoms with Crippen molar-refractivity contribution in [1.29, 1.82) is 0 Å². The molecule has 0 spiro atoms. The molecular formula is C13H9ClN2O2S. The van der Waals surface area contributed by atoms with Gasteiger partial charge < -0.3 is 10.1 Å². The molecule has 6 heteroatoms. The Morgan fingerprint density at radius 1 is 1.32 bits per heavy atom. The second-order valence-electron chi connectivity index (χ2n) is 3.98. The van der Waals surface area contributed by atoms with E-state index in [1.165, 1.54) is 11.3 Å². The molecule has 0 aliphatic heterocycles. The Bertz CT molecular complexity index is 810. The topological polar surface area (TPSA) is 66.0 Å². The predicted octanol–water partition coefficient (Wildman–Crippen LogP) is 2.80. The normalized spacial score (nSPS) is 11.1. The van der Waals surface area contributed by atoms with Gasteiger partial charge in [0.15, 0.2) is 0 Å². The minimum atomic E-state index is -0.287. The summed E-state index contributed by atoms with van der Waals surface area (Å²) in [7, 11) is 0. The summed E-state index contributed by atoms with van der Waals surface area (Å²) < 4.78 is 0. The van der Waals surface area contributed by atoms with E-state index in [2.05, 4.69) is 9.97 Å². The van der Waals surface area contributed by atoms with Gasteiger partial charge in [0.2, 0.25) is 0 Å². The van der Waals surface area contributed by atoms with Gasteiger partial charge in [0.25, 0.3) is 5.56 Å². The number of halogens is 1. The Balaban J connectivity index is 2.33. The van der Waals surface area contributed by atoms with Crippen LogP contribution in [-0.4, -0.2) is 15.1 Å². The van der Waals surface area contributed by atoms with Gasteiger partial charge in [0.1, 0.15) is 17.3 Å². The van der Waals surface area contributed by atoms with E-state index in [0.717, 1.165) is 11.1 Å². The van der Waals surface area contributed by atoms with E-state index in [9.17, 15) is 4.79 Å². The highest BCUT2D eigenvalue weighted by atomic mass is 35.5. The summed E-state index contributed by atoms with van der Waals surface area (Å²) in [6, 6.07) is 7.36. The first kappa shape index (κ1) is 12.3. The fourth-order valence-electron chi connectivity index (χ4n) is 1.95. The molecule has 0 bridgehead atoms. The lowest BCUT2D eigenvalue weighted by Crippen LogP contribution is -2.11. The highest BCUT2D eigenvalue weighted by molar-refractivity contribution is 7.17. The number of nitrogens with zero attached hydrogens (tertiary/aromatic N) is 1. The van der Waals surface area contributed by atoms with E-state index in [4.69, 9.17) is 16.7 Å². The maximum atomic E-state index is 12.1. The average Bonchev–Trinajstić information content (AvgIpc) is 2.83. The summed E-state index contributed by atoms with van der Waals surface area (Å²) in [6.07, 6.45) is 0. The molecule has 2 heterocycles. The first-order valence-electron chi connectivity index (χ1n) is 5.57. The molecule has 3 rings (SSSR count). The number of H-pyrrole nitrogens is 1. The number of thiophene rings is 1. The predicted molar refractivity (Wildman–Crippen MR) is 76.6 cm³/mol. The molecule has 4 nitrogen and oxygen atoms in total. The van der Waals surface area contributed by atoms with Gasteiger partial charge in [0.05, 0.1) is 5.39 Å². The first-order valence-corrected chi connectivity index (χ1v) is 6.82. The lowest BCUT2D eigenvalue weighted by molar-refractivity contribution is 0.271. The third-order valence-corrected chi connectivity index (χ3v) is 4.01. The molecule has 0 fully saturated rings. The summed E-state index contributed by atoms with van der Waals surface area (Å²) in [4.78, 5) is 19.4. The van der Waals surface area contributed by atoms with E-state index >= 15 is 0 Å². The molecule has 0 saturated carbocycles. The summed E-state index contributed by atoms with van der Waals surface area (Å²) in [5.74, 6) is 0.269. The lowest BCUT2D eigenvalue weighted by atomic mass is 10.1. The van der Waals surface area contributed by atoms with Gasteiger partial charge >= 0.3 is 0 Å². The first-order chi connectivity index (χ1) is 9.20. The van der Waals surface area contributed by atoms with Crippen LogP contribution in [0.5, 0.6) is 0 Å². The molecule has 1 aromatic carbocycles. The molecule has 19 heavy (non-hydrogen) atoms. The van der Waals surface area contributed by atoms with Crippen molar-refractivity contribution in [3.63, 3.8) is 0 Å². The maximum absolute atomic E-state index is 12.1. The van der Waals surface area contributed by atoms with Gasteiger partial charge in [-0.3, -0.25) is 4.79 Å². The molecule has 0 saturated heterocycles. The SMILES string of the molecule is O=c1[nH]c(CO)nc2scc(-c3ccccc3Cl)c12. The van der Waals surface area contributed by atoms with Crippen LogP contribution in [-0.2, 0) is 6.61 Å². The van der Waals surface area contributed by atoms with Crippen molar-refractivity contribution >= 4 is 33.2 Å². The number of rotatable bonds is 2. The van der Waals surface area contributed by atoms with Crippen molar-refractivity contribution in [2.24, 2.45) is 0 Å². The summed E-state index contributed by atoms with van der Waals surface area (Å²) >= 11 is 7.52. The number of nitrogens with one attached hydrogen (secondary N) is 1. The minimum absolute atomic E-state index is 0.259. The Morgan fingerprint density at radius 2 is 2.11 bits per heavy atom. The number of fused-ring (bicyclic) bond motifs is 1. The van der Waals surface area contributed by atoms with Crippen LogP contribution in [0.25, 0.3) is 21.3 Å². The zero-order valence-electron chi connectivity index (χ0n) is 9.68. The van der Waals surface area contributed by atoms with E-state index < -0.39 is 0 Å². The van der Waals surface area contributed by atoms with E-state index in [1.807, 2.05) is 23.6 Å². The monoisotopic (exact) mass is 292 g/mol. The quantitative estimate of drug-likeness (QED) is 0.763. The molecular weight excluding hydrogens is 284 g/mol. The number of hydrogen-bond donors (Lipinski definition) is 2. The van der Waals surface area contributed by atoms with Crippen LogP contribution in [0.2, 0.25) is 5.02 Å². The summed E-state index contributed by atoms with van der Waals surface area (Å²) in [5, 5.41) is 12.0. The summed E-state index contributed by atoms with van der Waals surface area (Å²) in [5.41, 5.74) is 1.31. The molecule has 0 aliphatic rings. The van der Waals surface area contributed by atoms with Gasteiger partial charge in [-0.2, -0.15) is 0 Å². The number of hydrogen-bond acceptors (Lipinski definition) is 4. The minimum Gasteiger partial charge on any atom is -0.388 e. The third kappa shape index (κ3) is 2.06. The second kappa shape index (κ2) is 4.77. The number of aliphatic hydroxyl groups excluding tert-OH is 1. The highest BCUT2D eigenvalue weighted by Gasteiger charge is 2.14. The Morgan fingerprint density at radius 3 is 2.84 bits per heavy atom. The zero-order chi connectivity index (χ0) is 13.4. The van der Waals surface area contributed by atoms with Crippen molar-refractivity contribution in [2.75, 3.05) is 0 Å². The van der Waals surface area contributed by atoms with Crippen LogP contribution in [0.15, 0.2) is 34.4 Å². The summed E-state index contributed by atoms with van der Waals surface area (Å²) in [6.45, 7) is -0.287. The number of benzene rings is 1. The van der Waals surface area contributed by atoms with Crippen LogP contribution >= 0.6 is 22.9 Å². The zero-order valence-corrected chi connectivity index (χ0v) is 11.3. The largest absolute Gasteiger partial charge is 0.388 e. The maximum Gasteiger partial charge on any atom is 0.260 e. The van der Waals surface area contributed by atoms with Crippen molar-refractivity contribution in [2.45, 2.75) is 6.61 Å². The number of aromatic amines is 1. The Hall–Kier alpha value is -1.69. The fraction of sp³-hybridized carbons (Fsp3) is 0.0769. The van der Waals surface area contributed by atoms with Crippen LogP contribution in [0.4, 0.5) is 0 Å². The van der Waals surface area contributed by atoms with Crippen molar-refractivity contribution < 1.29 is 5.11 Å². The molecule has 0 aliphatic carbocycles. The van der Waals surface area contributed by atoms with E-state index in [0.29, 0.717) is 15.2 Å². The molecule has 96 valence electrons. The van der Waals surface area contributed by atoms with Gasteiger partial charge in [-0.1, -0.05) is 29.8 Å². The van der Waals surface area contributed by atoms with Crippen molar-refractivity contribution in [3.05, 3.63) is 50.8 Å².